The molecule has 1 saturated heterocycles. The molecule has 1 N–H and O–H groups in total. The number of morpholine rings is 1. The van der Waals surface area contributed by atoms with Crippen LogP contribution in [0.1, 0.15) is 6.42 Å². The quantitative estimate of drug-likeness (QED) is 0.865. The second-order valence-electron chi connectivity index (χ2n) is 4.64. The highest BCUT2D eigenvalue weighted by molar-refractivity contribution is 5.86. The normalized spacial score (nSPS) is 23.3. The minimum Gasteiger partial charge on any atom is -0.358 e. The number of carbonyl (C=O) groups excluding carboxylic acids is 1. The molecule has 0 saturated carbocycles. The molecule has 1 aromatic heterocycles. The van der Waals surface area contributed by atoms with Gasteiger partial charge in [0.25, 0.3) is 5.91 Å². The molecule has 1 amide bonds. The summed E-state index contributed by atoms with van der Waals surface area (Å²) in [4.78, 5) is 18.0. The summed E-state index contributed by atoms with van der Waals surface area (Å²) in [6, 6.07) is 3.90. The van der Waals surface area contributed by atoms with Gasteiger partial charge in [-0.05, 0) is 24.1 Å². The van der Waals surface area contributed by atoms with Crippen molar-refractivity contribution in [2.24, 2.45) is 0 Å². The van der Waals surface area contributed by atoms with E-state index in [1.807, 2.05) is 18.3 Å². The number of pyridine rings is 1. The van der Waals surface area contributed by atoms with Gasteiger partial charge in [-0.15, -0.1) is 0 Å². The summed E-state index contributed by atoms with van der Waals surface area (Å²) in [5.41, 5.74) is 2.69. The van der Waals surface area contributed by atoms with Crippen LogP contribution in [0.15, 0.2) is 48.6 Å². The van der Waals surface area contributed by atoms with Crippen LogP contribution in [0.3, 0.4) is 0 Å². The number of nitrogens with one attached hydrogen (secondary N) is 1. The molecule has 0 aromatic carbocycles. The number of carbonyl (C=O) groups is 1. The molecule has 2 aliphatic rings. The molecule has 2 aliphatic heterocycles. The van der Waals surface area contributed by atoms with Gasteiger partial charge in [0.1, 0.15) is 0 Å². The largest absolute Gasteiger partial charge is 0.358 e. The Labute approximate surface area is 111 Å². The van der Waals surface area contributed by atoms with E-state index in [1.54, 1.807) is 12.4 Å². The third-order valence-electron chi connectivity index (χ3n) is 3.26. The van der Waals surface area contributed by atoms with Crippen molar-refractivity contribution in [1.82, 2.24) is 10.3 Å². The molecule has 5 nitrogen and oxygen atoms in total. The first-order chi connectivity index (χ1) is 9.24. The summed E-state index contributed by atoms with van der Waals surface area (Å²) in [6.07, 6.45) is 5.85. The van der Waals surface area contributed by atoms with E-state index < -0.39 is 6.10 Å². The molecule has 0 radical (unpaired) electrons. The smallest absolute Gasteiger partial charge is 0.257 e. The molecule has 0 spiro atoms. The van der Waals surface area contributed by atoms with Crippen LogP contribution in [-0.2, 0) is 9.53 Å². The Morgan fingerprint density at radius 2 is 2.21 bits per heavy atom. The minimum absolute atomic E-state index is 0.126. The molecular formula is C14H15N3O2. The predicted molar refractivity (Wildman–Crippen MR) is 71.3 cm³/mol. The van der Waals surface area contributed by atoms with Crippen molar-refractivity contribution in [3.8, 4) is 0 Å². The second-order valence-corrected chi connectivity index (χ2v) is 4.64. The maximum atomic E-state index is 11.9. The van der Waals surface area contributed by atoms with Crippen LogP contribution in [0.25, 0.3) is 0 Å². The third kappa shape index (κ3) is 2.37. The number of ether oxygens (including phenoxy) is 1. The number of amides is 1. The minimum atomic E-state index is -0.489. The fourth-order valence-electron chi connectivity index (χ4n) is 2.33. The summed E-state index contributed by atoms with van der Waals surface area (Å²) in [7, 11) is 0. The SMILES string of the molecule is C=C1COC(C2=CN(c3ccncc3)CC2)C(=O)N1. The molecule has 0 aliphatic carbocycles. The molecule has 5 heteroatoms. The summed E-state index contributed by atoms with van der Waals surface area (Å²) < 4.78 is 5.55. The van der Waals surface area contributed by atoms with E-state index in [2.05, 4.69) is 21.8 Å². The van der Waals surface area contributed by atoms with Crippen molar-refractivity contribution >= 4 is 11.6 Å². The molecule has 0 bridgehead atoms. The predicted octanol–water partition coefficient (Wildman–Crippen LogP) is 1.20. The van der Waals surface area contributed by atoms with Crippen molar-refractivity contribution in [3.63, 3.8) is 0 Å². The van der Waals surface area contributed by atoms with E-state index in [0.717, 1.165) is 24.2 Å². The Morgan fingerprint density at radius 1 is 1.42 bits per heavy atom. The first-order valence-electron chi connectivity index (χ1n) is 6.21. The third-order valence-corrected chi connectivity index (χ3v) is 3.26. The van der Waals surface area contributed by atoms with Crippen molar-refractivity contribution in [3.05, 3.63) is 48.6 Å². The zero-order valence-electron chi connectivity index (χ0n) is 10.5. The number of hydrogen-bond acceptors (Lipinski definition) is 4. The van der Waals surface area contributed by atoms with E-state index in [9.17, 15) is 4.79 Å². The van der Waals surface area contributed by atoms with Crippen LogP contribution in [-0.4, -0.2) is 30.1 Å². The van der Waals surface area contributed by atoms with Crippen molar-refractivity contribution in [1.29, 1.82) is 0 Å². The number of nitrogens with zero attached hydrogens (tertiary/aromatic N) is 2. The van der Waals surface area contributed by atoms with Gasteiger partial charge < -0.3 is 15.0 Å². The van der Waals surface area contributed by atoms with Gasteiger partial charge in [-0.2, -0.15) is 0 Å². The monoisotopic (exact) mass is 257 g/mol. The summed E-state index contributed by atoms with van der Waals surface area (Å²) >= 11 is 0. The van der Waals surface area contributed by atoms with Gasteiger partial charge in [0, 0.05) is 36.5 Å². The summed E-state index contributed by atoms with van der Waals surface area (Å²) in [5.74, 6) is -0.126. The van der Waals surface area contributed by atoms with Gasteiger partial charge in [0.05, 0.1) is 6.61 Å². The highest BCUT2D eigenvalue weighted by atomic mass is 16.5. The van der Waals surface area contributed by atoms with E-state index in [0.29, 0.717) is 12.3 Å². The van der Waals surface area contributed by atoms with Crippen LogP contribution >= 0.6 is 0 Å². The second kappa shape index (κ2) is 4.85. The number of anilines is 1. The van der Waals surface area contributed by atoms with Crippen LogP contribution in [0.4, 0.5) is 5.69 Å². The average molecular weight is 257 g/mol. The molecule has 1 atom stereocenters. The van der Waals surface area contributed by atoms with E-state index in [4.69, 9.17) is 4.74 Å². The Kier molecular flexibility index (Phi) is 3.05. The van der Waals surface area contributed by atoms with E-state index >= 15 is 0 Å². The zero-order chi connectivity index (χ0) is 13.2. The van der Waals surface area contributed by atoms with Crippen LogP contribution in [0, 0.1) is 0 Å². The zero-order valence-corrected chi connectivity index (χ0v) is 10.5. The van der Waals surface area contributed by atoms with Gasteiger partial charge in [0.2, 0.25) is 0 Å². The van der Waals surface area contributed by atoms with Crippen molar-refractivity contribution < 1.29 is 9.53 Å². The Morgan fingerprint density at radius 3 is 2.95 bits per heavy atom. The van der Waals surface area contributed by atoms with Crippen LogP contribution in [0.5, 0.6) is 0 Å². The van der Waals surface area contributed by atoms with Gasteiger partial charge >= 0.3 is 0 Å². The van der Waals surface area contributed by atoms with Gasteiger partial charge in [-0.25, -0.2) is 0 Å². The topological polar surface area (TPSA) is 54.5 Å². The standard InChI is InChI=1S/C14H15N3O2/c1-10-9-19-13(14(18)16-10)11-4-7-17(8-11)12-2-5-15-6-3-12/h2-3,5-6,8,13H,1,4,7,9H2,(H,16,18). The average Bonchev–Trinajstić information content (AvgIpc) is 2.89. The van der Waals surface area contributed by atoms with Crippen LogP contribution in [0.2, 0.25) is 0 Å². The number of hydrogen-bond donors (Lipinski definition) is 1. The lowest BCUT2D eigenvalue weighted by Crippen LogP contribution is -2.43. The van der Waals surface area contributed by atoms with Crippen molar-refractivity contribution in [2.75, 3.05) is 18.1 Å². The highest BCUT2D eigenvalue weighted by Crippen LogP contribution is 2.26. The first-order valence-corrected chi connectivity index (χ1v) is 6.21. The molecule has 19 heavy (non-hydrogen) atoms. The maximum Gasteiger partial charge on any atom is 0.257 e. The lowest BCUT2D eigenvalue weighted by Gasteiger charge is -2.24. The summed E-state index contributed by atoms with van der Waals surface area (Å²) in [6.45, 7) is 4.93. The molecule has 3 rings (SSSR count). The molecule has 3 heterocycles. The molecule has 98 valence electrons. The van der Waals surface area contributed by atoms with E-state index in [-0.39, 0.29) is 5.91 Å². The summed E-state index contributed by atoms with van der Waals surface area (Å²) in [5, 5.41) is 2.73. The Balaban J connectivity index is 1.76. The van der Waals surface area contributed by atoms with Gasteiger partial charge in [0.15, 0.2) is 6.10 Å². The van der Waals surface area contributed by atoms with Crippen LogP contribution < -0.4 is 10.2 Å². The number of rotatable bonds is 2. The van der Waals surface area contributed by atoms with Gasteiger partial charge in [-0.1, -0.05) is 6.58 Å². The molecule has 1 fully saturated rings. The molecule has 1 unspecified atom stereocenters. The first kappa shape index (κ1) is 11.9. The molecule has 1 aromatic rings. The Bertz CT molecular complexity index is 539. The molecular weight excluding hydrogens is 242 g/mol. The highest BCUT2D eigenvalue weighted by Gasteiger charge is 2.31. The fraction of sp³-hybridized carbons (Fsp3) is 0.286. The van der Waals surface area contributed by atoms with Gasteiger partial charge in [-0.3, -0.25) is 9.78 Å². The van der Waals surface area contributed by atoms with E-state index in [1.165, 1.54) is 0 Å². The maximum absolute atomic E-state index is 11.9. The lowest BCUT2D eigenvalue weighted by molar-refractivity contribution is -0.132. The van der Waals surface area contributed by atoms with Crippen molar-refractivity contribution in [2.45, 2.75) is 12.5 Å². The fourth-order valence-corrected chi connectivity index (χ4v) is 2.33. The Hall–Kier alpha value is -2.14. The number of aromatic nitrogens is 1. The lowest BCUT2D eigenvalue weighted by atomic mass is 10.1.